The average molecular weight is 841 g/mol. The van der Waals surface area contributed by atoms with E-state index in [4.69, 9.17) is 30.8 Å². The summed E-state index contributed by atoms with van der Waals surface area (Å²) < 4.78 is 78.7. The van der Waals surface area contributed by atoms with Crippen molar-refractivity contribution < 1.29 is 36.6 Å². The number of anilines is 2. The second kappa shape index (κ2) is 17.1. The third kappa shape index (κ3) is 9.31. The predicted octanol–water partition coefficient (Wildman–Crippen LogP) is 10.2. The van der Waals surface area contributed by atoms with Gasteiger partial charge in [0.1, 0.15) is 34.3 Å². The van der Waals surface area contributed by atoms with Crippen LogP contribution in [0.25, 0.3) is 22.2 Å². The van der Waals surface area contributed by atoms with Crippen LogP contribution in [0, 0.1) is 12.7 Å². The van der Waals surface area contributed by atoms with E-state index in [2.05, 4.69) is 9.97 Å². The van der Waals surface area contributed by atoms with Crippen LogP contribution in [0.15, 0.2) is 65.8 Å². The van der Waals surface area contributed by atoms with Crippen LogP contribution in [-0.2, 0) is 24.0 Å². The fourth-order valence-electron chi connectivity index (χ4n) is 6.93. The minimum atomic E-state index is -4.92. The Hall–Kier alpha value is -5.02. The topological polar surface area (TPSA) is 93.2 Å². The molecule has 1 aliphatic heterocycles. The minimum Gasteiger partial charge on any atom is -0.497 e. The molecular formula is C42H45ClF4N6O4S. The second-order valence-electron chi connectivity index (χ2n) is 15.0. The number of hydrogen-bond acceptors (Lipinski definition) is 10. The zero-order chi connectivity index (χ0) is 42.1. The number of piperazine rings is 1. The Morgan fingerprint density at radius 3 is 2.02 bits per heavy atom. The fourth-order valence-corrected chi connectivity index (χ4v) is 7.57. The Balaban J connectivity index is 1.48. The van der Waals surface area contributed by atoms with Crippen molar-refractivity contribution in [3.63, 3.8) is 0 Å². The number of methoxy groups -OCH3 is 2. The van der Waals surface area contributed by atoms with Crippen molar-refractivity contribution in [3.8, 4) is 22.8 Å². The van der Waals surface area contributed by atoms with Crippen molar-refractivity contribution >= 4 is 52.0 Å². The van der Waals surface area contributed by atoms with Crippen LogP contribution in [0.5, 0.6) is 11.5 Å². The number of aromatic nitrogens is 3. The van der Waals surface area contributed by atoms with E-state index in [9.17, 15) is 4.79 Å². The number of halogens is 5. The number of thioether (sulfide) groups is 1. The highest BCUT2D eigenvalue weighted by atomic mass is 35.5. The zero-order valence-electron chi connectivity index (χ0n) is 33.5. The number of carbonyl (C=O) groups excluding carboxylic acids is 1. The molecule has 58 heavy (non-hydrogen) atoms. The summed E-state index contributed by atoms with van der Waals surface area (Å²) in [5.74, 6) is 0.746. The maximum atomic E-state index is 17.3. The van der Waals surface area contributed by atoms with Gasteiger partial charge in [0.15, 0.2) is 11.0 Å². The van der Waals surface area contributed by atoms with Crippen molar-refractivity contribution in [1.82, 2.24) is 19.9 Å². The zero-order valence-corrected chi connectivity index (χ0v) is 35.1. The van der Waals surface area contributed by atoms with Gasteiger partial charge in [-0.1, -0.05) is 47.6 Å². The second-order valence-corrected chi connectivity index (χ2v) is 16.2. The number of rotatable bonds is 10. The van der Waals surface area contributed by atoms with Gasteiger partial charge in [-0.15, -0.1) is 0 Å². The van der Waals surface area contributed by atoms with E-state index in [1.54, 1.807) is 70.4 Å². The number of pyridine rings is 1. The number of fused-ring (bicyclic) bond motifs is 1. The first-order valence-electron chi connectivity index (χ1n) is 18.5. The highest BCUT2D eigenvalue weighted by Gasteiger charge is 2.39. The molecule has 6 rings (SSSR count). The largest absolute Gasteiger partial charge is 0.497 e. The molecule has 5 aromatic rings. The molecule has 1 amide bonds. The Bertz CT molecular complexity index is 2240. The first kappa shape index (κ1) is 42.6. The van der Waals surface area contributed by atoms with E-state index in [0.717, 1.165) is 22.9 Å². The summed E-state index contributed by atoms with van der Waals surface area (Å²) in [4.78, 5) is 32.0. The molecule has 3 aromatic carbocycles. The van der Waals surface area contributed by atoms with E-state index >= 15 is 17.6 Å². The summed E-state index contributed by atoms with van der Waals surface area (Å²) in [5, 5.41) is 0.123. The van der Waals surface area contributed by atoms with E-state index in [1.807, 2.05) is 41.0 Å². The van der Waals surface area contributed by atoms with Crippen LogP contribution >= 0.6 is 23.4 Å². The molecule has 1 aliphatic rings. The molecule has 0 saturated carbocycles. The average Bonchev–Trinajstić information content (AvgIpc) is 3.16. The molecule has 2 aromatic heterocycles. The lowest BCUT2D eigenvalue weighted by molar-refractivity contribution is -0.137. The van der Waals surface area contributed by atoms with Crippen LogP contribution in [-0.4, -0.2) is 77.7 Å². The van der Waals surface area contributed by atoms with Gasteiger partial charge in [0, 0.05) is 44.2 Å². The Morgan fingerprint density at radius 2 is 1.52 bits per heavy atom. The van der Waals surface area contributed by atoms with Crippen LogP contribution in [0.2, 0.25) is 5.02 Å². The first-order chi connectivity index (χ1) is 27.4. The molecule has 1 unspecified atom stereocenters. The molecule has 10 nitrogen and oxygen atoms in total. The SMILES string of the molecule is COc1ccc(CN(Cc2ccc(OC)cc2)c2cc(C)c(C(F)(F)F)c(-c3c(Cl)cc4c(N5CCN(C(=O)OC(C)(C)C)CC5C)nc(SC)nc4c3F)n2)cc1. The maximum Gasteiger partial charge on any atom is 0.418 e. The summed E-state index contributed by atoms with van der Waals surface area (Å²) >= 11 is 8.04. The van der Waals surface area contributed by atoms with Crippen molar-refractivity contribution in [2.24, 2.45) is 0 Å². The third-order valence-corrected chi connectivity index (χ3v) is 10.5. The molecule has 0 aliphatic carbocycles. The molecule has 0 bridgehead atoms. The number of benzene rings is 3. The lowest BCUT2D eigenvalue weighted by Crippen LogP contribution is -2.55. The van der Waals surface area contributed by atoms with Gasteiger partial charge in [-0.25, -0.2) is 24.1 Å². The van der Waals surface area contributed by atoms with E-state index in [0.29, 0.717) is 30.4 Å². The molecule has 0 N–H and O–H groups in total. The number of hydrogen-bond donors (Lipinski definition) is 0. The fraction of sp³-hybridized carbons (Fsp3) is 0.381. The molecule has 1 atom stereocenters. The predicted molar refractivity (Wildman–Crippen MR) is 220 cm³/mol. The number of aryl methyl sites for hydroxylation is 1. The molecule has 0 spiro atoms. The monoisotopic (exact) mass is 840 g/mol. The molecule has 1 fully saturated rings. The van der Waals surface area contributed by atoms with Crippen molar-refractivity contribution in [2.75, 3.05) is 49.9 Å². The Labute approximate surface area is 344 Å². The Morgan fingerprint density at radius 1 is 0.931 bits per heavy atom. The molecule has 0 radical (unpaired) electrons. The first-order valence-corrected chi connectivity index (χ1v) is 20.1. The standard InChI is InChI=1S/C42H45ClF4N6O4S/c1-24-19-32(52(22-26-9-13-28(55-6)14-10-26)23-27-11-15-29(56-7)16-12-27)48-37(34(24)42(45,46)47)33-31(43)20-30-36(35(33)44)49-39(58-8)50-38(30)53-18-17-51(21-25(53)2)40(54)57-41(3,4)5/h9-16,19-20,25H,17-18,21-23H2,1-8H3. The summed E-state index contributed by atoms with van der Waals surface area (Å²) in [7, 11) is 3.12. The van der Waals surface area contributed by atoms with Gasteiger partial charge in [0.2, 0.25) is 0 Å². The van der Waals surface area contributed by atoms with Gasteiger partial charge in [0.05, 0.1) is 36.1 Å². The van der Waals surface area contributed by atoms with Gasteiger partial charge in [-0.2, -0.15) is 13.2 Å². The summed E-state index contributed by atoms with van der Waals surface area (Å²) in [6, 6.07) is 17.1. The van der Waals surface area contributed by atoms with Crippen molar-refractivity contribution in [1.29, 1.82) is 0 Å². The van der Waals surface area contributed by atoms with Gasteiger partial charge in [-0.3, -0.25) is 0 Å². The van der Waals surface area contributed by atoms with Crippen LogP contribution in [0.4, 0.5) is 34.0 Å². The number of nitrogens with zero attached hydrogens (tertiary/aromatic N) is 6. The van der Waals surface area contributed by atoms with E-state index < -0.39 is 40.5 Å². The van der Waals surface area contributed by atoms with Crippen LogP contribution in [0.3, 0.4) is 0 Å². The summed E-state index contributed by atoms with van der Waals surface area (Å²) in [6.45, 7) is 9.99. The van der Waals surface area contributed by atoms with Gasteiger partial charge < -0.3 is 28.9 Å². The quantitative estimate of drug-likeness (QED) is 0.0769. The molecular weight excluding hydrogens is 796 g/mol. The van der Waals surface area contributed by atoms with Crippen molar-refractivity contribution in [2.45, 2.75) is 70.7 Å². The number of ether oxygens (including phenoxy) is 3. The highest BCUT2D eigenvalue weighted by Crippen LogP contribution is 2.45. The van der Waals surface area contributed by atoms with Gasteiger partial charge in [0.25, 0.3) is 0 Å². The number of carbonyl (C=O) groups is 1. The van der Waals surface area contributed by atoms with Gasteiger partial charge >= 0.3 is 12.3 Å². The third-order valence-electron chi connectivity index (χ3n) is 9.69. The smallest absolute Gasteiger partial charge is 0.418 e. The highest BCUT2D eigenvalue weighted by molar-refractivity contribution is 7.98. The van der Waals surface area contributed by atoms with E-state index in [1.165, 1.54) is 19.1 Å². The number of amides is 1. The van der Waals surface area contributed by atoms with E-state index in [-0.39, 0.29) is 58.1 Å². The lowest BCUT2D eigenvalue weighted by atomic mass is 9.98. The van der Waals surface area contributed by atoms with Crippen LogP contribution in [0.1, 0.15) is 49.9 Å². The summed E-state index contributed by atoms with van der Waals surface area (Å²) in [6.07, 6.45) is -3.65. The normalized spacial score (nSPS) is 14.8. The van der Waals surface area contributed by atoms with Crippen LogP contribution < -0.4 is 19.3 Å². The molecule has 16 heteroatoms. The molecule has 1 saturated heterocycles. The van der Waals surface area contributed by atoms with Gasteiger partial charge in [-0.05, 0) is 94.0 Å². The molecule has 308 valence electrons. The summed E-state index contributed by atoms with van der Waals surface area (Å²) in [5.41, 5.74) is -1.68. The van der Waals surface area contributed by atoms with Crippen molar-refractivity contribution in [3.05, 3.63) is 93.8 Å². The maximum absolute atomic E-state index is 17.3. The lowest BCUT2D eigenvalue weighted by Gasteiger charge is -2.41. The minimum absolute atomic E-state index is 0.164. The number of alkyl halides is 3. The molecule has 3 heterocycles. The Kier molecular flexibility index (Phi) is 12.5.